The van der Waals surface area contributed by atoms with Gasteiger partial charge in [0, 0.05) is 35.8 Å². The number of carbonyl (C=O) groups excluding carboxylic acids is 1. The molecule has 2 aromatic rings. The molecule has 0 aliphatic heterocycles. The van der Waals surface area contributed by atoms with Crippen LogP contribution < -0.4 is 9.46 Å². The Morgan fingerprint density at radius 3 is 2.54 bits per heavy atom. The van der Waals surface area contributed by atoms with Gasteiger partial charge in [0.2, 0.25) is 10.0 Å². The first kappa shape index (κ1) is 22.1. The minimum atomic E-state index is -3.88. The summed E-state index contributed by atoms with van der Waals surface area (Å²) in [6.07, 6.45) is 0. The Kier molecular flexibility index (Phi) is 7.03. The van der Waals surface area contributed by atoms with Crippen LogP contribution in [0.3, 0.4) is 0 Å². The number of hydrogen-bond donors (Lipinski definition) is 1. The van der Waals surface area contributed by atoms with Gasteiger partial charge in [-0.15, -0.1) is 0 Å². The van der Waals surface area contributed by atoms with E-state index in [-0.39, 0.29) is 39.4 Å². The number of sulfonamides is 1. The number of carbonyl (C=O) groups is 1. The van der Waals surface area contributed by atoms with Crippen molar-refractivity contribution >= 4 is 27.5 Å². The standard InChI is InChI=1S/C19H22ClFN2O4S/c1-12(2)22-28(25,26)18-10-13(8-9-17(18)27-4)19(24)23(3)11-14-15(20)6-5-7-16(14)21/h5-10,12,22H,11H2,1-4H3. The summed E-state index contributed by atoms with van der Waals surface area (Å²) in [6, 6.07) is 8.04. The van der Waals surface area contributed by atoms with Gasteiger partial charge < -0.3 is 9.64 Å². The van der Waals surface area contributed by atoms with E-state index < -0.39 is 21.7 Å². The smallest absolute Gasteiger partial charge is 0.253 e. The van der Waals surface area contributed by atoms with Crippen LogP contribution in [0.15, 0.2) is 41.3 Å². The molecule has 0 aliphatic rings. The second-order valence-electron chi connectivity index (χ2n) is 6.50. The molecular weight excluding hydrogens is 407 g/mol. The van der Waals surface area contributed by atoms with Gasteiger partial charge in [0.1, 0.15) is 16.5 Å². The van der Waals surface area contributed by atoms with Crippen LogP contribution in [0.2, 0.25) is 5.02 Å². The quantitative estimate of drug-likeness (QED) is 0.732. The summed E-state index contributed by atoms with van der Waals surface area (Å²) >= 11 is 6.02. The average Bonchev–Trinajstić information content (AvgIpc) is 2.62. The van der Waals surface area contributed by atoms with Crippen LogP contribution in [0.25, 0.3) is 0 Å². The van der Waals surface area contributed by atoms with Crippen LogP contribution >= 0.6 is 11.6 Å². The lowest BCUT2D eigenvalue weighted by atomic mass is 10.1. The number of amides is 1. The zero-order valence-electron chi connectivity index (χ0n) is 16.0. The summed E-state index contributed by atoms with van der Waals surface area (Å²) in [4.78, 5) is 13.9. The lowest BCUT2D eigenvalue weighted by molar-refractivity contribution is 0.0783. The molecule has 0 radical (unpaired) electrons. The minimum absolute atomic E-state index is 0.0668. The molecular formula is C19H22ClFN2O4S. The number of hydrogen-bond acceptors (Lipinski definition) is 4. The lowest BCUT2D eigenvalue weighted by Gasteiger charge is -2.20. The van der Waals surface area contributed by atoms with Crippen molar-refractivity contribution in [3.63, 3.8) is 0 Å². The summed E-state index contributed by atoms with van der Waals surface area (Å²) in [5.41, 5.74) is 0.308. The molecule has 28 heavy (non-hydrogen) atoms. The molecule has 0 spiro atoms. The first-order chi connectivity index (χ1) is 13.1. The Morgan fingerprint density at radius 2 is 1.96 bits per heavy atom. The van der Waals surface area contributed by atoms with Crippen molar-refractivity contribution in [1.29, 1.82) is 0 Å². The summed E-state index contributed by atoms with van der Waals surface area (Å²) in [7, 11) is -1.06. The van der Waals surface area contributed by atoms with Crippen molar-refractivity contribution in [2.24, 2.45) is 0 Å². The predicted molar refractivity (Wildman–Crippen MR) is 106 cm³/mol. The molecule has 0 heterocycles. The second kappa shape index (κ2) is 8.89. The van der Waals surface area contributed by atoms with Crippen LogP contribution in [0, 0.1) is 5.82 Å². The lowest BCUT2D eigenvalue weighted by Crippen LogP contribution is -2.31. The molecule has 1 N–H and O–H groups in total. The van der Waals surface area contributed by atoms with Gasteiger partial charge in [-0.3, -0.25) is 4.79 Å². The Bertz CT molecular complexity index is 960. The summed E-state index contributed by atoms with van der Waals surface area (Å²) in [6.45, 7) is 3.30. The molecule has 2 rings (SSSR count). The van der Waals surface area contributed by atoms with Crippen LogP contribution in [-0.4, -0.2) is 39.4 Å². The Morgan fingerprint density at radius 1 is 1.29 bits per heavy atom. The molecule has 1 amide bonds. The van der Waals surface area contributed by atoms with Gasteiger partial charge in [-0.2, -0.15) is 0 Å². The Labute approximate surface area is 169 Å². The summed E-state index contributed by atoms with van der Waals surface area (Å²) in [5, 5.41) is 0.207. The van der Waals surface area contributed by atoms with E-state index in [0.717, 1.165) is 0 Å². The SMILES string of the molecule is COc1ccc(C(=O)N(C)Cc2c(F)cccc2Cl)cc1S(=O)(=O)NC(C)C. The van der Waals surface area contributed by atoms with Crippen molar-refractivity contribution in [3.8, 4) is 5.75 Å². The molecule has 0 atom stereocenters. The first-order valence-electron chi connectivity index (χ1n) is 8.45. The van der Waals surface area contributed by atoms with E-state index in [2.05, 4.69) is 4.72 Å². The summed E-state index contributed by atoms with van der Waals surface area (Å²) in [5.74, 6) is -0.890. The molecule has 0 aromatic heterocycles. The van der Waals surface area contributed by atoms with Crippen molar-refractivity contribution in [3.05, 3.63) is 58.4 Å². The number of halogens is 2. The van der Waals surface area contributed by atoms with Gasteiger partial charge in [0.25, 0.3) is 5.91 Å². The fraction of sp³-hybridized carbons (Fsp3) is 0.316. The van der Waals surface area contributed by atoms with Gasteiger partial charge in [-0.25, -0.2) is 17.5 Å². The zero-order valence-corrected chi connectivity index (χ0v) is 17.6. The number of methoxy groups -OCH3 is 1. The topological polar surface area (TPSA) is 75.7 Å². The molecule has 152 valence electrons. The van der Waals surface area contributed by atoms with E-state index in [1.165, 1.54) is 55.5 Å². The number of rotatable bonds is 7. The Balaban J connectivity index is 2.37. The zero-order chi connectivity index (χ0) is 21.1. The largest absolute Gasteiger partial charge is 0.495 e. The van der Waals surface area contributed by atoms with Gasteiger partial charge in [0.05, 0.1) is 7.11 Å². The molecule has 0 bridgehead atoms. The van der Waals surface area contributed by atoms with Crippen molar-refractivity contribution in [1.82, 2.24) is 9.62 Å². The highest BCUT2D eigenvalue weighted by Crippen LogP contribution is 2.26. The molecule has 0 aliphatic carbocycles. The fourth-order valence-electron chi connectivity index (χ4n) is 2.61. The van der Waals surface area contributed by atoms with E-state index >= 15 is 0 Å². The third-order valence-corrected chi connectivity index (χ3v) is 5.93. The molecule has 6 nitrogen and oxygen atoms in total. The highest BCUT2D eigenvalue weighted by atomic mass is 35.5. The third-order valence-electron chi connectivity index (χ3n) is 3.89. The Hall–Kier alpha value is -2.16. The molecule has 9 heteroatoms. The van der Waals surface area contributed by atoms with Gasteiger partial charge >= 0.3 is 0 Å². The van der Waals surface area contributed by atoms with Crippen LogP contribution in [0.4, 0.5) is 4.39 Å². The highest BCUT2D eigenvalue weighted by molar-refractivity contribution is 7.89. The average molecular weight is 429 g/mol. The van der Waals surface area contributed by atoms with Crippen LogP contribution in [0.5, 0.6) is 5.75 Å². The van der Waals surface area contributed by atoms with Crippen molar-refractivity contribution < 1.29 is 22.3 Å². The van der Waals surface area contributed by atoms with Crippen molar-refractivity contribution in [2.45, 2.75) is 31.3 Å². The van der Waals surface area contributed by atoms with Crippen LogP contribution in [0.1, 0.15) is 29.8 Å². The molecule has 0 saturated carbocycles. The van der Waals surface area contributed by atoms with E-state index in [4.69, 9.17) is 16.3 Å². The molecule has 2 aromatic carbocycles. The van der Waals surface area contributed by atoms with Crippen molar-refractivity contribution in [2.75, 3.05) is 14.2 Å². The number of ether oxygens (including phenoxy) is 1. The van der Waals surface area contributed by atoms with Crippen LogP contribution in [-0.2, 0) is 16.6 Å². The predicted octanol–water partition coefficient (Wildman–Crippen LogP) is 3.45. The normalized spacial score (nSPS) is 11.5. The monoisotopic (exact) mass is 428 g/mol. The number of benzene rings is 2. The van der Waals surface area contributed by atoms with Gasteiger partial charge in [-0.1, -0.05) is 17.7 Å². The van der Waals surface area contributed by atoms with E-state index in [0.29, 0.717) is 0 Å². The molecule has 0 fully saturated rings. The summed E-state index contributed by atoms with van der Waals surface area (Å²) < 4.78 is 46.7. The maximum absolute atomic E-state index is 14.0. The molecule has 0 unspecified atom stereocenters. The van der Waals surface area contributed by atoms with E-state index in [1.807, 2.05) is 0 Å². The number of nitrogens with one attached hydrogen (secondary N) is 1. The maximum Gasteiger partial charge on any atom is 0.253 e. The third kappa shape index (κ3) is 5.01. The first-order valence-corrected chi connectivity index (χ1v) is 10.3. The minimum Gasteiger partial charge on any atom is -0.495 e. The van der Waals surface area contributed by atoms with Gasteiger partial charge in [-0.05, 0) is 44.2 Å². The molecule has 0 saturated heterocycles. The fourth-order valence-corrected chi connectivity index (χ4v) is 4.27. The van der Waals surface area contributed by atoms with Gasteiger partial charge in [0.15, 0.2) is 0 Å². The highest BCUT2D eigenvalue weighted by Gasteiger charge is 2.24. The van der Waals surface area contributed by atoms with E-state index in [9.17, 15) is 17.6 Å². The number of nitrogens with zero attached hydrogens (tertiary/aromatic N) is 1. The second-order valence-corrected chi connectivity index (χ2v) is 8.59. The van der Waals surface area contributed by atoms with E-state index in [1.54, 1.807) is 13.8 Å². The maximum atomic E-state index is 14.0.